The minimum absolute atomic E-state index is 0.275. The van der Waals surface area contributed by atoms with Gasteiger partial charge in [-0.2, -0.15) is 0 Å². The zero-order valence-electron chi connectivity index (χ0n) is 10.2. The molecule has 0 aliphatic rings. The number of pyridine rings is 1. The molecule has 2 nitrogen and oxygen atoms in total. The summed E-state index contributed by atoms with van der Waals surface area (Å²) in [5.41, 5.74) is 2.40. The van der Waals surface area contributed by atoms with E-state index in [-0.39, 0.29) is 5.82 Å². The van der Waals surface area contributed by atoms with E-state index in [2.05, 4.69) is 4.98 Å². The van der Waals surface area contributed by atoms with E-state index in [1.54, 1.807) is 19.2 Å². The molecule has 0 aliphatic carbocycles. The molecule has 0 aliphatic heterocycles. The predicted octanol–water partition coefficient (Wildman–Crippen LogP) is 4.37. The lowest BCUT2D eigenvalue weighted by Gasteiger charge is -2.12. The first-order valence-corrected chi connectivity index (χ1v) is 6.09. The van der Waals surface area contributed by atoms with Gasteiger partial charge in [0.2, 0.25) is 0 Å². The quantitative estimate of drug-likeness (QED) is 0.769. The number of alkyl halides is 1. The first-order chi connectivity index (χ1) is 8.60. The molecule has 18 heavy (non-hydrogen) atoms. The first kappa shape index (κ1) is 12.8. The molecule has 4 heteroatoms. The zero-order valence-corrected chi connectivity index (χ0v) is 11.0. The van der Waals surface area contributed by atoms with Crippen LogP contribution in [0.5, 0.6) is 11.5 Å². The Hall–Kier alpha value is -1.61. The van der Waals surface area contributed by atoms with Crippen molar-refractivity contribution in [2.24, 2.45) is 0 Å². The number of rotatable bonds is 3. The van der Waals surface area contributed by atoms with Crippen LogP contribution in [-0.2, 0) is 5.88 Å². The molecule has 2 aromatic rings. The molecule has 0 saturated heterocycles. The normalized spacial score (nSPS) is 10.4. The van der Waals surface area contributed by atoms with Crippen LogP contribution in [0.4, 0.5) is 4.39 Å². The Morgan fingerprint density at radius 3 is 2.67 bits per heavy atom. The molecule has 0 N–H and O–H groups in total. The van der Waals surface area contributed by atoms with Crippen LogP contribution < -0.4 is 4.74 Å². The van der Waals surface area contributed by atoms with Crippen molar-refractivity contribution in [3.63, 3.8) is 0 Å². The third-order valence-corrected chi connectivity index (χ3v) is 2.87. The van der Waals surface area contributed by atoms with Gasteiger partial charge in [-0.25, -0.2) is 4.39 Å². The topological polar surface area (TPSA) is 22.1 Å². The van der Waals surface area contributed by atoms with Crippen LogP contribution >= 0.6 is 11.6 Å². The number of halogens is 2. The molecular weight excluding hydrogens is 253 g/mol. The number of benzene rings is 1. The summed E-state index contributed by atoms with van der Waals surface area (Å²) in [5, 5.41) is 0. The molecule has 0 saturated carbocycles. The van der Waals surface area contributed by atoms with Crippen LogP contribution in [0.1, 0.15) is 16.8 Å². The summed E-state index contributed by atoms with van der Waals surface area (Å²) in [4.78, 5) is 4.16. The van der Waals surface area contributed by atoms with Crippen LogP contribution in [-0.4, -0.2) is 4.98 Å². The van der Waals surface area contributed by atoms with Gasteiger partial charge in [-0.1, -0.05) is 0 Å². The average Bonchev–Trinajstić information content (AvgIpc) is 2.33. The standard InChI is InChI=1S/C14H13ClFNO/c1-9-5-12(16)3-4-13(9)18-14-6-10(2)17-8-11(14)7-15/h3-6,8H,7H2,1-2H3. The Morgan fingerprint density at radius 1 is 1.22 bits per heavy atom. The number of nitrogens with zero attached hydrogens (tertiary/aromatic N) is 1. The Morgan fingerprint density at radius 2 is 2.00 bits per heavy atom. The number of ether oxygens (including phenoxy) is 1. The van der Waals surface area contributed by atoms with E-state index < -0.39 is 0 Å². The molecule has 1 aromatic heterocycles. The Labute approximate surface area is 110 Å². The van der Waals surface area contributed by atoms with Crippen molar-refractivity contribution in [2.75, 3.05) is 0 Å². The van der Waals surface area contributed by atoms with Crippen LogP contribution in [0.15, 0.2) is 30.5 Å². The number of hydrogen-bond donors (Lipinski definition) is 0. The molecule has 0 radical (unpaired) electrons. The summed E-state index contributed by atoms with van der Waals surface area (Å²) in [5.74, 6) is 1.33. The van der Waals surface area contributed by atoms with E-state index in [1.807, 2.05) is 13.0 Å². The zero-order chi connectivity index (χ0) is 13.1. The van der Waals surface area contributed by atoms with Gasteiger partial charge in [-0.15, -0.1) is 11.6 Å². The second-order valence-electron chi connectivity index (χ2n) is 4.08. The van der Waals surface area contributed by atoms with Gasteiger partial charge in [0.25, 0.3) is 0 Å². The first-order valence-electron chi connectivity index (χ1n) is 5.55. The third-order valence-electron chi connectivity index (χ3n) is 2.58. The van der Waals surface area contributed by atoms with Crippen molar-refractivity contribution in [1.82, 2.24) is 4.98 Å². The molecule has 0 fully saturated rings. The van der Waals surface area contributed by atoms with Crippen LogP contribution in [0.3, 0.4) is 0 Å². The van der Waals surface area contributed by atoms with E-state index in [9.17, 15) is 4.39 Å². The molecule has 0 unspecified atom stereocenters. The highest BCUT2D eigenvalue weighted by Gasteiger charge is 2.08. The minimum Gasteiger partial charge on any atom is -0.457 e. The molecule has 0 atom stereocenters. The summed E-state index contributed by atoms with van der Waals surface area (Å²) in [6, 6.07) is 6.24. The van der Waals surface area contributed by atoms with Crippen molar-refractivity contribution in [3.8, 4) is 11.5 Å². The molecular formula is C14H13ClFNO. The van der Waals surface area contributed by atoms with Crippen molar-refractivity contribution in [3.05, 3.63) is 53.1 Å². The smallest absolute Gasteiger partial charge is 0.135 e. The largest absolute Gasteiger partial charge is 0.457 e. The summed E-state index contributed by atoms with van der Waals surface area (Å²) in [7, 11) is 0. The number of aryl methyl sites for hydroxylation is 2. The summed E-state index contributed by atoms with van der Waals surface area (Å²) in [6.45, 7) is 3.68. The van der Waals surface area contributed by atoms with Crippen LogP contribution in [0, 0.1) is 19.7 Å². The van der Waals surface area contributed by atoms with Gasteiger partial charge in [-0.05, 0) is 37.6 Å². The van der Waals surface area contributed by atoms with Crippen LogP contribution in [0.25, 0.3) is 0 Å². The second kappa shape index (κ2) is 5.36. The van der Waals surface area contributed by atoms with Gasteiger partial charge in [0.15, 0.2) is 0 Å². The van der Waals surface area contributed by atoms with Crippen LogP contribution in [0.2, 0.25) is 0 Å². The number of aromatic nitrogens is 1. The van der Waals surface area contributed by atoms with Gasteiger partial charge < -0.3 is 4.74 Å². The monoisotopic (exact) mass is 265 g/mol. The van der Waals surface area contributed by atoms with Crippen molar-refractivity contribution < 1.29 is 9.13 Å². The van der Waals surface area contributed by atoms with Gasteiger partial charge in [-0.3, -0.25) is 4.98 Å². The van der Waals surface area contributed by atoms with Gasteiger partial charge >= 0.3 is 0 Å². The highest BCUT2D eigenvalue weighted by Crippen LogP contribution is 2.29. The van der Waals surface area contributed by atoms with Crippen molar-refractivity contribution in [1.29, 1.82) is 0 Å². The van der Waals surface area contributed by atoms with Gasteiger partial charge in [0.05, 0.1) is 5.88 Å². The fraction of sp³-hybridized carbons (Fsp3) is 0.214. The Bertz CT molecular complexity index is 572. The summed E-state index contributed by atoms with van der Waals surface area (Å²) >= 11 is 5.84. The van der Waals surface area contributed by atoms with Gasteiger partial charge in [0, 0.05) is 23.5 Å². The van der Waals surface area contributed by atoms with Gasteiger partial charge in [0.1, 0.15) is 17.3 Å². The SMILES string of the molecule is Cc1cc(Oc2ccc(F)cc2C)c(CCl)cn1. The average molecular weight is 266 g/mol. The predicted molar refractivity (Wildman–Crippen MR) is 69.7 cm³/mol. The fourth-order valence-corrected chi connectivity index (χ4v) is 1.80. The molecule has 1 heterocycles. The van der Waals surface area contributed by atoms with Crippen molar-refractivity contribution >= 4 is 11.6 Å². The molecule has 94 valence electrons. The van der Waals surface area contributed by atoms with E-state index in [0.29, 0.717) is 17.4 Å². The second-order valence-corrected chi connectivity index (χ2v) is 4.35. The molecule has 0 bridgehead atoms. The maximum absolute atomic E-state index is 13.0. The van der Waals surface area contributed by atoms with E-state index in [4.69, 9.17) is 16.3 Å². The molecule has 1 aromatic carbocycles. The summed E-state index contributed by atoms with van der Waals surface area (Å²) in [6.07, 6.45) is 1.69. The van der Waals surface area contributed by atoms with Crippen molar-refractivity contribution in [2.45, 2.75) is 19.7 Å². The Kier molecular flexibility index (Phi) is 3.82. The van der Waals surface area contributed by atoms with E-state index in [0.717, 1.165) is 16.8 Å². The lowest BCUT2D eigenvalue weighted by molar-refractivity contribution is 0.471. The minimum atomic E-state index is -0.275. The lowest BCUT2D eigenvalue weighted by atomic mass is 10.2. The molecule has 0 amide bonds. The molecule has 0 spiro atoms. The maximum Gasteiger partial charge on any atom is 0.135 e. The highest BCUT2D eigenvalue weighted by molar-refractivity contribution is 6.17. The Balaban J connectivity index is 2.36. The fourth-order valence-electron chi connectivity index (χ4n) is 1.60. The third kappa shape index (κ3) is 2.79. The maximum atomic E-state index is 13.0. The van der Waals surface area contributed by atoms with E-state index >= 15 is 0 Å². The highest BCUT2D eigenvalue weighted by atomic mass is 35.5. The lowest BCUT2D eigenvalue weighted by Crippen LogP contribution is -1.94. The van der Waals surface area contributed by atoms with E-state index in [1.165, 1.54) is 12.1 Å². The molecule has 2 rings (SSSR count). The summed E-state index contributed by atoms with van der Waals surface area (Å²) < 4.78 is 18.8. The number of hydrogen-bond acceptors (Lipinski definition) is 2.